The van der Waals surface area contributed by atoms with Crippen LogP contribution in [-0.2, 0) is 22.1 Å². The normalized spacial score (nSPS) is 12.0. The van der Waals surface area contributed by atoms with Crippen LogP contribution >= 0.6 is 0 Å². The summed E-state index contributed by atoms with van der Waals surface area (Å²) < 4.78 is 31.5. The Balaban J connectivity index is 1.88. The van der Waals surface area contributed by atoms with Crippen molar-refractivity contribution in [3.8, 4) is 11.1 Å². The molecule has 2 aromatic heterocycles. The lowest BCUT2D eigenvalue weighted by molar-refractivity contribution is 0.100. The maximum absolute atomic E-state index is 12.7. The average molecular weight is 488 g/mol. The Labute approximate surface area is 203 Å². The second kappa shape index (κ2) is 8.39. The first-order chi connectivity index (χ1) is 16.6. The molecule has 0 aliphatic carbocycles. The molecular formula is C27H25N3O4S. The lowest BCUT2D eigenvalue weighted by Crippen LogP contribution is -2.12. The molecule has 0 fully saturated rings. The predicted octanol–water partition coefficient (Wildman–Crippen LogP) is 4.76. The molecule has 0 spiro atoms. The van der Waals surface area contributed by atoms with Gasteiger partial charge in [0.05, 0.1) is 17.0 Å². The number of hydrogen-bond donors (Lipinski definition) is 1. The SMILES string of the molecule is Cc1noc(C)c1-c1cc(C(N)=O)c2c3cc(CS(C)(=O)=O)ccc3n(Cc3ccccc3)c2c1. The third-order valence-electron chi connectivity index (χ3n) is 6.23. The maximum Gasteiger partial charge on any atom is 0.249 e. The van der Waals surface area contributed by atoms with Gasteiger partial charge in [0.2, 0.25) is 5.91 Å². The number of primary amides is 1. The number of carbonyl (C=O) groups is 1. The van der Waals surface area contributed by atoms with Crippen LogP contribution in [0.2, 0.25) is 0 Å². The van der Waals surface area contributed by atoms with Gasteiger partial charge in [-0.25, -0.2) is 8.42 Å². The number of amides is 1. The molecule has 8 heteroatoms. The van der Waals surface area contributed by atoms with Gasteiger partial charge in [-0.05, 0) is 54.8 Å². The van der Waals surface area contributed by atoms with Crippen LogP contribution in [0, 0.1) is 13.8 Å². The highest BCUT2D eigenvalue weighted by Crippen LogP contribution is 2.38. The summed E-state index contributed by atoms with van der Waals surface area (Å²) in [5, 5.41) is 5.56. The van der Waals surface area contributed by atoms with Gasteiger partial charge >= 0.3 is 0 Å². The number of hydrogen-bond acceptors (Lipinski definition) is 5. The molecule has 0 saturated carbocycles. The molecule has 2 heterocycles. The molecule has 3 aromatic carbocycles. The summed E-state index contributed by atoms with van der Waals surface area (Å²) in [5.41, 5.74) is 12.0. The van der Waals surface area contributed by atoms with Crippen molar-refractivity contribution in [2.45, 2.75) is 26.1 Å². The van der Waals surface area contributed by atoms with E-state index in [2.05, 4.69) is 9.72 Å². The molecule has 1 amide bonds. The van der Waals surface area contributed by atoms with Gasteiger partial charge in [-0.2, -0.15) is 0 Å². The van der Waals surface area contributed by atoms with Gasteiger partial charge in [0.15, 0.2) is 9.84 Å². The van der Waals surface area contributed by atoms with Crippen molar-refractivity contribution >= 4 is 37.6 Å². The zero-order valence-electron chi connectivity index (χ0n) is 19.7. The Bertz CT molecular complexity index is 1690. The number of sulfone groups is 1. The van der Waals surface area contributed by atoms with Crippen LogP contribution in [0.25, 0.3) is 32.9 Å². The van der Waals surface area contributed by atoms with E-state index < -0.39 is 15.7 Å². The summed E-state index contributed by atoms with van der Waals surface area (Å²) in [7, 11) is -3.23. The summed E-state index contributed by atoms with van der Waals surface area (Å²) in [4.78, 5) is 12.7. The number of nitrogens with zero attached hydrogens (tertiary/aromatic N) is 2. The molecule has 5 rings (SSSR count). The van der Waals surface area contributed by atoms with E-state index >= 15 is 0 Å². The standard InChI is InChI=1S/C27H25N3O4S/c1-16-25(17(2)34-29-16)20-12-22(27(28)31)26-21-11-19(15-35(3,32)33)9-10-23(21)30(24(26)13-20)14-18-7-5-4-6-8-18/h4-13H,14-15H2,1-3H3,(H2,28,31). The molecule has 0 aliphatic heterocycles. The maximum atomic E-state index is 12.7. The number of rotatable bonds is 6. The van der Waals surface area contributed by atoms with Crippen LogP contribution in [0.4, 0.5) is 0 Å². The third kappa shape index (κ3) is 4.21. The Kier molecular flexibility index (Phi) is 5.48. The first-order valence-electron chi connectivity index (χ1n) is 11.2. The third-order valence-corrected chi connectivity index (χ3v) is 7.09. The van der Waals surface area contributed by atoms with Gasteiger partial charge in [-0.15, -0.1) is 0 Å². The second-order valence-electron chi connectivity index (χ2n) is 8.97. The van der Waals surface area contributed by atoms with E-state index in [-0.39, 0.29) is 5.75 Å². The van der Waals surface area contributed by atoms with Crippen LogP contribution in [0.15, 0.2) is 65.2 Å². The number of carbonyl (C=O) groups excluding carboxylic acids is 1. The molecular weight excluding hydrogens is 462 g/mol. The second-order valence-corrected chi connectivity index (χ2v) is 11.1. The average Bonchev–Trinajstić information content (AvgIpc) is 3.29. The van der Waals surface area contributed by atoms with Crippen molar-refractivity contribution in [2.24, 2.45) is 5.73 Å². The van der Waals surface area contributed by atoms with Gasteiger partial charge in [0.1, 0.15) is 5.76 Å². The quantitative estimate of drug-likeness (QED) is 0.372. The fraction of sp³-hybridized carbons (Fsp3) is 0.185. The minimum absolute atomic E-state index is 0.0859. The van der Waals surface area contributed by atoms with Gasteiger partial charge in [0.25, 0.3) is 0 Å². The minimum Gasteiger partial charge on any atom is -0.366 e. The predicted molar refractivity (Wildman–Crippen MR) is 137 cm³/mol. The van der Waals surface area contributed by atoms with Crippen molar-refractivity contribution in [2.75, 3.05) is 6.26 Å². The largest absolute Gasteiger partial charge is 0.366 e. The zero-order chi connectivity index (χ0) is 24.9. The first-order valence-corrected chi connectivity index (χ1v) is 13.2. The molecule has 0 unspecified atom stereocenters. The van der Waals surface area contributed by atoms with Gasteiger partial charge in [0, 0.05) is 40.2 Å². The summed E-state index contributed by atoms with van der Waals surface area (Å²) in [6.45, 7) is 4.26. The Hall–Kier alpha value is -3.91. The van der Waals surface area contributed by atoms with E-state index in [0.29, 0.717) is 28.8 Å². The molecule has 0 aliphatic rings. The zero-order valence-corrected chi connectivity index (χ0v) is 20.5. The fourth-order valence-corrected chi connectivity index (χ4v) is 5.62. The molecule has 2 N–H and O–H groups in total. The molecule has 0 saturated heterocycles. The van der Waals surface area contributed by atoms with Gasteiger partial charge in [-0.1, -0.05) is 41.6 Å². The highest BCUT2D eigenvalue weighted by atomic mass is 32.2. The Morgan fingerprint density at radius 1 is 1.00 bits per heavy atom. The molecule has 7 nitrogen and oxygen atoms in total. The van der Waals surface area contributed by atoms with Gasteiger partial charge in [-0.3, -0.25) is 4.79 Å². The Morgan fingerprint density at radius 3 is 2.37 bits per heavy atom. The van der Waals surface area contributed by atoms with E-state index in [9.17, 15) is 13.2 Å². The number of aryl methyl sites for hydroxylation is 2. The van der Waals surface area contributed by atoms with Crippen molar-refractivity contribution in [1.82, 2.24) is 9.72 Å². The topological polar surface area (TPSA) is 108 Å². The van der Waals surface area contributed by atoms with E-state index in [4.69, 9.17) is 10.3 Å². The molecule has 0 atom stereocenters. The molecule has 5 aromatic rings. The van der Waals surface area contributed by atoms with Crippen molar-refractivity contribution < 1.29 is 17.7 Å². The minimum atomic E-state index is -3.23. The van der Waals surface area contributed by atoms with Crippen LogP contribution in [-0.4, -0.2) is 30.3 Å². The van der Waals surface area contributed by atoms with E-state index in [1.54, 1.807) is 6.07 Å². The lowest BCUT2D eigenvalue weighted by Gasteiger charge is -2.10. The molecule has 35 heavy (non-hydrogen) atoms. The van der Waals surface area contributed by atoms with E-state index in [1.165, 1.54) is 6.26 Å². The Morgan fingerprint density at radius 2 is 1.74 bits per heavy atom. The smallest absolute Gasteiger partial charge is 0.249 e. The lowest BCUT2D eigenvalue weighted by atomic mass is 9.97. The highest BCUT2D eigenvalue weighted by molar-refractivity contribution is 7.89. The van der Waals surface area contributed by atoms with Crippen LogP contribution in [0.1, 0.15) is 32.9 Å². The van der Waals surface area contributed by atoms with Crippen LogP contribution in [0.5, 0.6) is 0 Å². The molecule has 0 radical (unpaired) electrons. The summed E-state index contributed by atoms with van der Waals surface area (Å²) in [6.07, 6.45) is 1.21. The highest BCUT2D eigenvalue weighted by Gasteiger charge is 2.22. The summed E-state index contributed by atoms with van der Waals surface area (Å²) in [6, 6.07) is 19.4. The molecule has 178 valence electrons. The number of aromatic nitrogens is 2. The monoisotopic (exact) mass is 487 g/mol. The van der Waals surface area contributed by atoms with E-state index in [0.717, 1.165) is 38.8 Å². The summed E-state index contributed by atoms with van der Waals surface area (Å²) >= 11 is 0. The van der Waals surface area contributed by atoms with Crippen LogP contribution < -0.4 is 5.73 Å². The van der Waals surface area contributed by atoms with Crippen molar-refractivity contribution in [1.29, 1.82) is 0 Å². The summed E-state index contributed by atoms with van der Waals surface area (Å²) in [5.74, 6) is 0.00601. The van der Waals surface area contributed by atoms with Crippen molar-refractivity contribution in [3.05, 3.63) is 88.8 Å². The number of benzene rings is 3. The fourth-order valence-electron chi connectivity index (χ4n) is 4.83. The van der Waals surface area contributed by atoms with Crippen molar-refractivity contribution in [3.63, 3.8) is 0 Å². The number of nitrogens with two attached hydrogens (primary N) is 1. The van der Waals surface area contributed by atoms with Gasteiger partial charge < -0.3 is 14.8 Å². The van der Waals surface area contributed by atoms with E-state index in [1.807, 2.05) is 68.4 Å². The van der Waals surface area contributed by atoms with Crippen LogP contribution in [0.3, 0.4) is 0 Å². The first kappa shape index (κ1) is 22.9. The molecule has 0 bridgehead atoms. The number of fused-ring (bicyclic) bond motifs is 3.